The van der Waals surface area contributed by atoms with Crippen molar-refractivity contribution in [3.05, 3.63) is 22.8 Å². The molecule has 0 aromatic carbocycles. The van der Waals surface area contributed by atoms with Crippen molar-refractivity contribution in [2.24, 2.45) is 11.7 Å². The molecule has 6 heteroatoms. The van der Waals surface area contributed by atoms with E-state index in [4.69, 9.17) is 5.73 Å². The van der Waals surface area contributed by atoms with Gasteiger partial charge in [-0.2, -0.15) is 0 Å². The number of nitrogens with zero attached hydrogens (tertiary/aromatic N) is 2. The Morgan fingerprint density at radius 1 is 1.55 bits per heavy atom. The van der Waals surface area contributed by atoms with E-state index >= 15 is 0 Å². The summed E-state index contributed by atoms with van der Waals surface area (Å²) < 4.78 is 0.899. The number of nitrogens with two attached hydrogens (primary N) is 1. The summed E-state index contributed by atoms with van der Waals surface area (Å²) in [6, 6.07) is 3.65. The number of carbonyl (C=O) groups excluding carboxylic acids is 1. The van der Waals surface area contributed by atoms with Crippen LogP contribution < -0.4 is 11.1 Å². The van der Waals surface area contributed by atoms with Gasteiger partial charge in [0.25, 0.3) is 0 Å². The molecule has 1 aliphatic heterocycles. The summed E-state index contributed by atoms with van der Waals surface area (Å²) in [6.07, 6.45) is 5.10. The van der Waals surface area contributed by atoms with Crippen LogP contribution in [0.3, 0.4) is 0 Å². The monoisotopic (exact) mass is 340 g/mol. The largest absolute Gasteiger partial charge is 0.330 e. The molecule has 0 bridgehead atoms. The summed E-state index contributed by atoms with van der Waals surface area (Å²) in [7, 11) is 0. The third-order valence-electron chi connectivity index (χ3n) is 3.54. The molecule has 20 heavy (non-hydrogen) atoms. The lowest BCUT2D eigenvalue weighted by atomic mass is 9.95. The molecule has 1 unspecified atom stereocenters. The molecule has 1 saturated heterocycles. The summed E-state index contributed by atoms with van der Waals surface area (Å²) in [5.74, 6) is 1.22. The molecule has 2 heterocycles. The van der Waals surface area contributed by atoms with Crippen molar-refractivity contribution in [2.75, 3.05) is 31.5 Å². The normalized spacial score (nSPS) is 19.8. The van der Waals surface area contributed by atoms with Gasteiger partial charge in [0, 0.05) is 17.2 Å². The van der Waals surface area contributed by atoms with Gasteiger partial charge in [-0.3, -0.25) is 9.69 Å². The van der Waals surface area contributed by atoms with E-state index in [0.717, 1.165) is 36.9 Å². The van der Waals surface area contributed by atoms with E-state index in [-0.39, 0.29) is 5.91 Å². The smallest absolute Gasteiger partial charge is 0.239 e. The fourth-order valence-electron chi connectivity index (χ4n) is 2.60. The molecule has 1 fully saturated rings. The highest BCUT2D eigenvalue weighted by atomic mass is 79.9. The maximum absolute atomic E-state index is 12.0. The van der Waals surface area contributed by atoms with Gasteiger partial charge in [-0.1, -0.05) is 0 Å². The third-order valence-corrected chi connectivity index (χ3v) is 4.01. The average Bonchev–Trinajstić information content (AvgIpc) is 2.42. The second-order valence-electron chi connectivity index (χ2n) is 5.23. The van der Waals surface area contributed by atoms with Crippen LogP contribution in [-0.2, 0) is 4.79 Å². The fraction of sp³-hybridized carbons (Fsp3) is 0.571. The molecule has 5 nitrogen and oxygen atoms in total. The molecule has 1 atom stereocenters. The van der Waals surface area contributed by atoms with Crippen LogP contribution in [0, 0.1) is 5.92 Å². The molecular weight excluding hydrogens is 320 g/mol. The number of amides is 1. The number of aromatic nitrogens is 1. The van der Waals surface area contributed by atoms with E-state index < -0.39 is 0 Å². The number of halogens is 1. The van der Waals surface area contributed by atoms with Crippen molar-refractivity contribution in [3.63, 3.8) is 0 Å². The third kappa shape index (κ3) is 4.85. The van der Waals surface area contributed by atoms with Crippen molar-refractivity contribution in [3.8, 4) is 0 Å². The Kier molecular flexibility index (Phi) is 5.94. The number of hydrogen-bond donors (Lipinski definition) is 2. The standard InChI is InChI=1S/C14H21BrN4O/c15-12-3-4-13(17-8-12)18-14(20)10-19-7-1-2-11(9-19)5-6-16/h3-4,8,11H,1-2,5-7,9-10,16H2,(H,17,18,20). The van der Waals surface area contributed by atoms with Crippen LogP contribution in [0.1, 0.15) is 19.3 Å². The number of nitrogens with one attached hydrogen (secondary N) is 1. The zero-order valence-electron chi connectivity index (χ0n) is 11.5. The lowest BCUT2D eigenvalue weighted by molar-refractivity contribution is -0.117. The van der Waals surface area contributed by atoms with Gasteiger partial charge in [0.15, 0.2) is 0 Å². The highest BCUT2D eigenvalue weighted by Crippen LogP contribution is 2.18. The van der Waals surface area contributed by atoms with E-state index in [0.29, 0.717) is 18.3 Å². The molecule has 0 aliphatic carbocycles. The van der Waals surface area contributed by atoms with Crippen molar-refractivity contribution >= 4 is 27.7 Å². The van der Waals surface area contributed by atoms with Crippen LogP contribution in [0.25, 0.3) is 0 Å². The van der Waals surface area contributed by atoms with E-state index in [1.54, 1.807) is 12.3 Å². The number of piperidine rings is 1. The van der Waals surface area contributed by atoms with Gasteiger partial charge in [0.05, 0.1) is 6.54 Å². The van der Waals surface area contributed by atoms with Gasteiger partial charge in [-0.25, -0.2) is 4.98 Å². The SMILES string of the molecule is NCCC1CCCN(CC(=O)Nc2ccc(Br)cn2)C1. The van der Waals surface area contributed by atoms with E-state index in [9.17, 15) is 4.79 Å². The molecule has 1 amide bonds. The van der Waals surface area contributed by atoms with E-state index in [1.165, 1.54) is 6.42 Å². The summed E-state index contributed by atoms with van der Waals surface area (Å²) in [5.41, 5.74) is 5.61. The average molecular weight is 341 g/mol. The number of pyridine rings is 1. The Labute approximate surface area is 128 Å². The van der Waals surface area contributed by atoms with E-state index in [1.807, 2.05) is 6.07 Å². The van der Waals surface area contributed by atoms with Gasteiger partial charge < -0.3 is 11.1 Å². The Balaban J connectivity index is 1.80. The Morgan fingerprint density at radius 3 is 3.10 bits per heavy atom. The van der Waals surface area contributed by atoms with Gasteiger partial charge in [0.2, 0.25) is 5.91 Å². The predicted octanol–water partition coefficient (Wildman–Crippen LogP) is 1.84. The molecule has 110 valence electrons. The lowest BCUT2D eigenvalue weighted by Gasteiger charge is -2.31. The minimum Gasteiger partial charge on any atom is -0.330 e. The Morgan fingerprint density at radius 2 is 2.40 bits per heavy atom. The summed E-state index contributed by atoms with van der Waals surface area (Å²) >= 11 is 3.32. The minimum atomic E-state index is -0.00628. The predicted molar refractivity (Wildman–Crippen MR) is 83.4 cm³/mol. The molecule has 0 spiro atoms. The van der Waals surface area contributed by atoms with Crippen LogP contribution in [-0.4, -0.2) is 42.0 Å². The molecular formula is C14H21BrN4O. The molecule has 1 aliphatic rings. The second-order valence-corrected chi connectivity index (χ2v) is 6.15. The molecule has 1 aromatic rings. The lowest BCUT2D eigenvalue weighted by Crippen LogP contribution is -2.41. The van der Waals surface area contributed by atoms with Crippen LogP contribution in [0.4, 0.5) is 5.82 Å². The molecule has 0 radical (unpaired) electrons. The molecule has 3 N–H and O–H groups in total. The first-order valence-corrected chi connectivity index (χ1v) is 7.80. The fourth-order valence-corrected chi connectivity index (χ4v) is 2.84. The number of anilines is 1. The zero-order chi connectivity index (χ0) is 14.4. The van der Waals surface area contributed by atoms with Crippen LogP contribution in [0.15, 0.2) is 22.8 Å². The second kappa shape index (κ2) is 7.71. The van der Waals surface area contributed by atoms with Crippen molar-refractivity contribution in [2.45, 2.75) is 19.3 Å². The van der Waals surface area contributed by atoms with Crippen molar-refractivity contribution in [1.82, 2.24) is 9.88 Å². The molecule has 2 rings (SSSR count). The maximum Gasteiger partial charge on any atom is 0.239 e. The van der Waals surface area contributed by atoms with Crippen LogP contribution in [0.2, 0.25) is 0 Å². The first kappa shape index (κ1) is 15.4. The molecule has 0 saturated carbocycles. The highest BCUT2D eigenvalue weighted by Gasteiger charge is 2.21. The number of rotatable bonds is 5. The van der Waals surface area contributed by atoms with Crippen LogP contribution in [0.5, 0.6) is 0 Å². The van der Waals surface area contributed by atoms with E-state index in [2.05, 4.69) is 31.1 Å². The van der Waals surface area contributed by atoms with Gasteiger partial charge in [-0.15, -0.1) is 0 Å². The number of carbonyl (C=O) groups is 1. The molecule has 1 aromatic heterocycles. The van der Waals surface area contributed by atoms with Crippen LogP contribution >= 0.6 is 15.9 Å². The van der Waals surface area contributed by atoms with Gasteiger partial charge >= 0.3 is 0 Å². The summed E-state index contributed by atoms with van der Waals surface area (Å²) in [4.78, 5) is 18.3. The first-order chi connectivity index (χ1) is 9.67. The summed E-state index contributed by atoms with van der Waals surface area (Å²) in [6.45, 7) is 3.12. The van der Waals surface area contributed by atoms with Gasteiger partial charge in [-0.05, 0) is 66.3 Å². The highest BCUT2D eigenvalue weighted by molar-refractivity contribution is 9.10. The van der Waals surface area contributed by atoms with Gasteiger partial charge in [0.1, 0.15) is 5.82 Å². The Hall–Kier alpha value is -0.980. The maximum atomic E-state index is 12.0. The minimum absolute atomic E-state index is 0.00628. The topological polar surface area (TPSA) is 71.2 Å². The van der Waals surface area contributed by atoms with Crippen molar-refractivity contribution < 1.29 is 4.79 Å². The summed E-state index contributed by atoms with van der Waals surface area (Å²) in [5, 5.41) is 2.83. The number of likely N-dealkylation sites (tertiary alicyclic amines) is 1. The van der Waals surface area contributed by atoms with Crippen molar-refractivity contribution in [1.29, 1.82) is 0 Å². The Bertz CT molecular complexity index is 435. The zero-order valence-corrected chi connectivity index (χ0v) is 13.1. The quantitative estimate of drug-likeness (QED) is 0.857. The number of hydrogen-bond acceptors (Lipinski definition) is 4. The first-order valence-electron chi connectivity index (χ1n) is 7.01.